The molecule has 2 N–H and O–H groups in total. The van der Waals surface area contributed by atoms with Crippen LogP contribution in [0.15, 0.2) is 50.7 Å². The molecule has 8 nitrogen and oxygen atoms in total. The zero-order valence-electron chi connectivity index (χ0n) is 14.7. The molecule has 1 fully saturated rings. The van der Waals surface area contributed by atoms with Gasteiger partial charge in [-0.3, -0.25) is 4.79 Å². The van der Waals surface area contributed by atoms with Crippen molar-refractivity contribution in [2.24, 2.45) is 4.99 Å². The molecule has 10 heteroatoms. The highest BCUT2D eigenvalue weighted by molar-refractivity contribution is 8.18. The number of furan rings is 1. The Balaban J connectivity index is 1.62. The predicted octanol–water partition coefficient (Wildman–Crippen LogP) is 2.84. The van der Waals surface area contributed by atoms with Crippen molar-refractivity contribution < 1.29 is 13.6 Å². The molecule has 1 amide bonds. The van der Waals surface area contributed by atoms with E-state index in [4.69, 9.17) is 4.42 Å². The van der Waals surface area contributed by atoms with Gasteiger partial charge in [-0.2, -0.15) is 5.21 Å². The Hall–Kier alpha value is -3.27. The predicted molar refractivity (Wildman–Crippen MR) is 102 cm³/mol. The number of H-pyrrole nitrogens is 1. The number of nitrogens with one attached hydrogen (secondary N) is 2. The molecule has 0 spiro atoms. The SMILES string of the molecule is CCc1ccc(C=C2SC(=NC(c3ccc(F)cc3)c3nn[nH]n3)NC2=O)o1. The van der Waals surface area contributed by atoms with Gasteiger partial charge < -0.3 is 9.73 Å². The Morgan fingerprint density at radius 1 is 1.29 bits per heavy atom. The van der Waals surface area contributed by atoms with Crippen molar-refractivity contribution >= 4 is 28.9 Å². The number of carbonyl (C=O) groups excluding carboxylic acids is 1. The highest BCUT2D eigenvalue weighted by atomic mass is 32.2. The molecule has 142 valence electrons. The van der Waals surface area contributed by atoms with Gasteiger partial charge in [0, 0.05) is 12.5 Å². The molecule has 1 unspecified atom stereocenters. The van der Waals surface area contributed by atoms with E-state index in [1.165, 1.54) is 23.9 Å². The third kappa shape index (κ3) is 3.86. The summed E-state index contributed by atoms with van der Waals surface area (Å²) in [5.74, 6) is 1.12. The Bertz CT molecular complexity index is 1040. The van der Waals surface area contributed by atoms with E-state index in [2.05, 4.69) is 30.9 Å². The first kappa shape index (κ1) is 18.1. The maximum atomic E-state index is 13.3. The molecule has 1 aliphatic rings. The first-order chi connectivity index (χ1) is 13.6. The molecule has 3 aromatic rings. The molecule has 1 atom stereocenters. The fraction of sp³-hybridized carbons (Fsp3) is 0.167. The number of aromatic amines is 1. The maximum Gasteiger partial charge on any atom is 0.264 e. The zero-order chi connectivity index (χ0) is 19.5. The normalized spacial score (nSPS) is 18.0. The largest absolute Gasteiger partial charge is 0.462 e. The summed E-state index contributed by atoms with van der Waals surface area (Å²) in [5.41, 5.74) is 0.668. The minimum atomic E-state index is -0.642. The fourth-order valence-electron chi connectivity index (χ4n) is 2.61. The third-order valence-electron chi connectivity index (χ3n) is 3.99. The highest BCUT2D eigenvalue weighted by Crippen LogP contribution is 2.30. The van der Waals surface area contributed by atoms with E-state index in [9.17, 15) is 9.18 Å². The van der Waals surface area contributed by atoms with Crippen molar-refractivity contribution in [3.8, 4) is 0 Å². The standard InChI is InChI=1S/C18H15FN6O2S/c1-2-12-7-8-13(27-12)9-14-17(26)21-18(28-14)20-15(16-22-24-25-23-16)10-3-5-11(19)6-4-10/h3-9,15H,2H2,1H3,(H,20,21,26)(H,22,23,24,25). The van der Waals surface area contributed by atoms with Crippen LogP contribution in [0, 0.1) is 5.82 Å². The van der Waals surface area contributed by atoms with Crippen LogP contribution < -0.4 is 5.32 Å². The number of nitrogens with zero attached hydrogens (tertiary/aromatic N) is 4. The highest BCUT2D eigenvalue weighted by Gasteiger charge is 2.27. The number of aryl methyl sites for hydroxylation is 1. The van der Waals surface area contributed by atoms with E-state index in [0.717, 1.165) is 12.2 Å². The van der Waals surface area contributed by atoms with Crippen LogP contribution in [0.2, 0.25) is 0 Å². The van der Waals surface area contributed by atoms with E-state index >= 15 is 0 Å². The van der Waals surface area contributed by atoms with E-state index in [0.29, 0.717) is 27.2 Å². The van der Waals surface area contributed by atoms with Crippen LogP contribution in [0.25, 0.3) is 6.08 Å². The number of tetrazole rings is 1. The quantitative estimate of drug-likeness (QED) is 0.640. The summed E-state index contributed by atoms with van der Waals surface area (Å²) in [4.78, 5) is 17.3. The molecule has 0 saturated carbocycles. The van der Waals surface area contributed by atoms with Crippen molar-refractivity contribution in [2.45, 2.75) is 19.4 Å². The number of aromatic nitrogens is 4. The topological polar surface area (TPSA) is 109 Å². The van der Waals surface area contributed by atoms with Crippen molar-refractivity contribution in [1.82, 2.24) is 25.9 Å². The van der Waals surface area contributed by atoms with Gasteiger partial charge in [0.15, 0.2) is 5.17 Å². The van der Waals surface area contributed by atoms with Crippen LogP contribution in [-0.2, 0) is 11.2 Å². The number of aliphatic imine (C=N–C) groups is 1. The molecular weight excluding hydrogens is 383 g/mol. The van der Waals surface area contributed by atoms with E-state index in [1.807, 2.05) is 19.1 Å². The van der Waals surface area contributed by atoms with E-state index in [1.54, 1.807) is 18.2 Å². The number of thioether (sulfide) groups is 1. The van der Waals surface area contributed by atoms with Gasteiger partial charge in [-0.05, 0) is 41.6 Å². The Kier molecular flexibility index (Phi) is 5.02. The Labute approximate surface area is 163 Å². The summed E-state index contributed by atoms with van der Waals surface area (Å²) in [5, 5.41) is 17.0. The number of rotatable bonds is 5. The summed E-state index contributed by atoms with van der Waals surface area (Å²) in [6.07, 6.45) is 2.45. The fourth-order valence-corrected chi connectivity index (χ4v) is 3.44. The van der Waals surface area contributed by atoms with Crippen LogP contribution in [0.5, 0.6) is 0 Å². The van der Waals surface area contributed by atoms with Gasteiger partial charge >= 0.3 is 0 Å². The molecule has 1 aliphatic heterocycles. The van der Waals surface area contributed by atoms with Crippen molar-refractivity contribution in [1.29, 1.82) is 0 Å². The lowest BCUT2D eigenvalue weighted by molar-refractivity contribution is -0.115. The molecule has 1 saturated heterocycles. The van der Waals surface area contributed by atoms with Crippen molar-refractivity contribution in [2.75, 3.05) is 0 Å². The average Bonchev–Trinajstić information content (AvgIpc) is 3.43. The van der Waals surface area contributed by atoms with Crippen molar-refractivity contribution in [3.63, 3.8) is 0 Å². The van der Waals surface area contributed by atoms with E-state index in [-0.39, 0.29) is 11.7 Å². The molecule has 0 radical (unpaired) electrons. The first-order valence-electron chi connectivity index (χ1n) is 8.48. The molecule has 4 rings (SSSR count). The van der Waals surface area contributed by atoms with Crippen LogP contribution in [0.4, 0.5) is 4.39 Å². The summed E-state index contributed by atoms with van der Waals surface area (Å²) in [6, 6.07) is 8.89. The van der Waals surface area contributed by atoms with Crippen molar-refractivity contribution in [3.05, 3.63) is 70.0 Å². The molecular formula is C18H15FN6O2S. The van der Waals surface area contributed by atoms with Crippen LogP contribution in [0.1, 0.15) is 35.9 Å². The smallest absolute Gasteiger partial charge is 0.264 e. The first-order valence-corrected chi connectivity index (χ1v) is 9.30. The third-order valence-corrected chi connectivity index (χ3v) is 4.92. The summed E-state index contributed by atoms with van der Waals surface area (Å²) in [7, 11) is 0. The maximum absolute atomic E-state index is 13.3. The Morgan fingerprint density at radius 2 is 2.11 bits per heavy atom. The number of amidine groups is 1. The van der Waals surface area contributed by atoms with E-state index < -0.39 is 6.04 Å². The molecule has 0 bridgehead atoms. The second-order valence-electron chi connectivity index (χ2n) is 5.88. The molecule has 1 aromatic carbocycles. The monoisotopic (exact) mass is 398 g/mol. The number of hydrogen-bond acceptors (Lipinski definition) is 7. The van der Waals surface area contributed by atoms with Gasteiger partial charge in [0.05, 0.1) is 4.91 Å². The number of amides is 1. The van der Waals surface area contributed by atoms with Crippen LogP contribution >= 0.6 is 11.8 Å². The van der Waals surface area contributed by atoms with Gasteiger partial charge in [-0.1, -0.05) is 24.3 Å². The minimum absolute atomic E-state index is 0.274. The zero-order valence-corrected chi connectivity index (χ0v) is 15.5. The van der Waals surface area contributed by atoms with Gasteiger partial charge in [-0.25, -0.2) is 9.38 Å². The summed E-state index contributed by atoms with van der Waals surface area (Å²) in [6.45, 7) is 1.99. The molecule has 2 aromatic heterocycles. The second kappa shape index (κ2) is 7.77. The molecule has 0 aliphatic carbocycles. The molecule has 3 heterocycles. The van der Waals surface area contributed by atoms with Gasteiger partial charge in [-0.15, -0.1) is 10.2 Å². The number of hydrogen-bond donors (Lipinski definition) is 2. The lowest BCUT2D eigenvalue weighted by Gasteiger charge is -2.09. The van der Waals surface area contributed by atoms with Crippen LogP contribution in [0.3, 0.4) is 0 Å². The molecule has 28 heavy (non-hydrogen) atoms. The van der Waals surface area contributed by atoms with Crippen LogP contribution in [-0.4, -0.2) is 31.7 Å². The van der Waals surface area contributed by atoms with Gasteiger partial charge in [0.25, 0.3) is 5.91 Å². The minimum Gasteiger partial charge on any atom is -0.462 e. The lowest BCUT2D eigenvalue weighted by atomic mass is 10.1. The second-order valence-corrected chi connectivity index (χ2v) is 6.91. The van der Waals surface area contributed by atoms with Gasteiger partial charge in [0.2, 0.25) is 5.82 Å². The summed E-state index contributed by atoms with van der Waals surface area (Å²) < 4.78 is 18.9. The number of carbonyl (C=O) groups is 1. The number of benzene rings is 1. The Morgan fingerprint density at radius 3 is 2.79 bits per heavy atom. The lowest BCUT2D eigenvalue weighted by Crippen LogP contribution is -2.20. The van der Waals surface area contributed by atoms with Gasteiger partial charge in [0.1, 0.15) is 23.4 Å². The average molecular weight is 398 g/mol. The summed E-state index contributed by atoms with van der Waals surface area (Å²) >= 11 is 1.18. The number of halogens is 1.